The van der Waals surface area contributed by atoms with Gasteiger partial charge in [0.1, 0.15) is 17.0 Å². The fraction of sp³-hybridized carbons (Fsp3) is 0.0435. The van der Waals surface area contributed by atoms with E-state index < -0.39 is 0 Å². The largest absolute Gasteiger partial charge is 0.497 e. The monoisotopic (exact) mass is 395 g/mol. The van der Waals surface area contributed by atoms with Crippen LogP contribution in [-0.2, 0) is 0 Å². The van der Waals surface area contributed by atoms with Gasteiger partial charge in [-0.2, -0.15) is 0 Å². The van der Waals surface area contributed by atoms with Crippen molar-refractivity contribution in [3.63, 3.8) is 0 Å². The molecule has 0 saturated carbocycles. The summed E-state index contributed by atoms with van der Waals surface area (Å²) in [6.07, 6.45) is 3.24. The number of benzene rings is 2. The van der Waals surface area contributed by atoms with E-state index in [9.17, 15) is 4.79 Å². The number of fused-ring (bicyclic) bond motifs is 1. The molecule has 3 aromatic heterocycles. The van der Waals surface area contributed by atoms with Gasteiger partial charge in [0.05, 0.1) is 12.8 Å². The highest BCUT2D eigenvalue weighted by molar-refractivity contribution is 5.64. The van der Waals surface area contributed by atoms with Crippen LogP contribution in [0.1, 0.15) is 0 Å². The van der Waals surface area contributed by atoms with Gasteiger partial charge in [-0.1, -0.05) is 42.5 Å². The first-order valence-corrected chi connectivity index (χ1v) is 9.38. The van der Waals surface area contributed by atoms with Crippen molar-refractivity contribution in [1.29, 1.82) is 0 Å². The number of hydrogen-bond donors (Lipinski definition) is 0. The highest BCUT2D eigenvalue weighted by Crippen LogP contribution is 2.25. The Hall–Kier alpha value is -4.26. The Labute approximate surface area is 171 Å². The van der Waals surface area contributed by atoms with E-state index in [4.69, 9.17) is 14.8 Å². The third kappa shape index (κ3) is 3.02. The number of rotatable bonds is 4. The van der Waals surface area contributed by atoms with Crippen LogP contribution in [0.5, 0.6) is 5.75 Å². The third-order valence-corrected chi connectivity index (χ3v) is 4.79. The van der Waals surface area contributed by atoms with Crippen LogP contribution in [0.4, 0.5) is 0 Å². The van der Waals surface area contributed by atoms with Crippen LogP contribution in [0.2, 0.25) is 0 Å². The smallest absolute Gasteiger partial charge is 0.268 e. The van der Waals surface area contributed by atoms with Gasteiger partial charge in [-0.05, 0) is 24.3 Å². The van der Waals surface area contributed by atoms with Gasteiger partial charge in [-0.3, -0.25) is 9.20 Å². The Morgan fingerprint density at radius 3 is 2.60 bits per heavy atom. The van der Waals surface area contributed by atoms with Crippen LogP contribution in [0.3, 0.4) is 0 Å². The molecule has 3 heterocycles. The highest BCUT2D eigenvalue weighted by Gasteiger charge is 2.19. The van der Waals surface area contributed by atoms with Crippen molar-refractivity contribution in [1.82, 2.24) is 24.1 Å². The molecule has 0 unspecified atom stereocenters. The minimum Gasteiger partial charge on any atom is -0.497 e. The maximum absolute atomic E-state index is 13.2. The second-order valence-electron chi connectivity index (χ2n) is 6.64. The molecule has 7 heteroatoms. The van der Waals surface area contributed by atoms with Crippen molar-refractivity contribution < 1.29 is 4.74 Å². The molecule has 0 aliphatic heterocycles. The second kappa shape index (κ2) is 7.29. The number of ether oxygens (including phenoxy) is 1. The Morgan fingerprint density at radius 2 is 1.77 bits per heavy atom. The van der Waals surface area contributed by atoms with Crippen LogP contribution in [-0.4, -0.2) is 31.3 Å². The first-order chi connectivity index (χ1) is 14.7. The molecule has 5 rings (SSSR count). The molecule has 0 amide bonds. The average molecular weight is 395 g/mol. The quantitative estimate of drug-likeness (QED) is 0.465. The molecule has 30 heavy (non-hydrogen) atoms. The van der Waals surface area contributed by atoms with Crippen LogP contribution in [0.25, 0.3) is 34.1 Å². The lowest BCUT2D eigenvalue weighted by Gasteiger charge is -2.08. The van der Waals surface area contributed by atoms with Crippen LogP contribution >= 0.6 is 0 Å². The lowest BCUT2D eigenvalue weighted by atomic mass is 10.2. The van der Waals surface area contributed by atoms with Crippen molar-refractivity contribution in [3.05, 3.63) is 95.5 Å². The Morgan fingerprint density at radius 1 is 0.933 bits per heavy atom. The minimum absolute atomic E-state index is 0.211. The van der Waals surface area contributed by atoms with Crippen molar-refractivity contribution >= 4 is 5.65 Å². The molecule has 0 fully saturated rings. The molecule has 0 spiro atoms. The molecule has 5 aromatic rings. The van der Waals surface area contributed by atoms with E-state index in [-0.39, 0.29) is 5.56 Å². The molecule has 0 radical (unpaired) electrons. The molecule has 0 saturated heterocycles. The minimum atomic E-state index is -0.211. The molecule has 0 aliphatic rings. The molecule has 2 aromatic carbocycles. The number of aromatic nitrogens is 5. The maximum Gasteiger partial charge on any atom is 0.268 e. The first-order valence-electron chi connectivity index (χ1n) is 9.38. The Balaban J connectivity index is 1.77. The van der Waals surface area contributed by atoms with Gasteiger partial charge in [-0.15, -0.1) is 5.10 Å². The van der Waals surface area contributed by atoms with E-state index in [1.807, 2.05) is 60.7 Å². The summed E-state index contributed by atoms with van der Waals surface area (Å²) in [6.45, 7) is 0. The molecule has 0 aliphatic carbocycles. The molecular weight excluding hydrogens is 378 g/mol. The maximum atomic E-state index is 13.2. The SMILES string of the molecule is COc1cccc(-n2nc(-c3ccccc3)nc2-c2cnc3ccccn3c2=O)c1. The summed E-state index contributed by atoms with van der Waals surface area (Å²) in [6, 6.07) is 22.5. The van der Waals surface area contributed by atoms with Gasteiger partial charge in [0.25, 0.3) is 5.56 Å². The molecule has 0 bridgehead atoms. The fourth-order valence-electron chi connectivity index (χ4n) is 3.30. The van der Waals surface area contributed by atoms with E-state index in [1.54, 1.807) is 36.3 Å². The summed E-state index contributed by atoms with van der Waals surface area (Å²) < 4.78 is 8.51. The molecule has 7 nitrogen and oxygen atoms in total. The first kappa shape index (κ1) is 17.8. The van der Waals surface area contributed by atoms with Gasteiger partial charge in [0.2, 0.25) is 0 Å². The van der Waals surface area contributed by atoms with Crippen LogP contribution < -0.4 is 10.3 Å². The number of pyridine rings is 1. The Bertz CT molecular complexity index is 1410. The predicted molar refractivity (Wildman–Crippen MR) is 114 cm³/mol. The van der Waals surface area contributed by atoms with Gasteiger partial charge in [0, 0.05) is 24.0 Å². The topological polar surface area (TPSA) is 74.3 Å². The number of hydrogen-bond acceptors (Lipinski definition) is 5. The van der Waals surface area contributed by atoms with Gasteiger partial charge < -0.3 is 4.74 Å². The standard InChI is InChI=1S/C23H17N5O2/c1-30-18-11-7-10-17(14-18)28-22(25-21(26-28)16-8-3-2-4-9-16)19-15-24-20-12-5-6-13-27(20)23(19)29/h2-15H,1H3. The second-order valence-corrected chi connectivity index (χ2v) is 6.64. The van der Waals surface area contributed by atoms with Crippen molar-refractivity contribution in [3.8, 4) is 34.2 Å². The zero-order chi connectivity index (χ0) is 20.5. The summed E-state index contributed by atoms with van der Waals surface area (Å²) in [5, 5.41) is 4.70. The molecular formula is C23H17N5O2. The van der Waals surface area contributed by atoms with Crippen molar-refractivity contribution in [2.24, 2.45) is 0 Å². The lowest BCUT2D eigenvalue weighted by molar-refractivity contribution is 0.414. The average Bonchev–Trinajstić information content (AvgIpc) is 3.25. The molecule has 146 valence electrons. The van der Waals surface area contributed by atoms with E-state index in [0.717, 1.165) is 11.3 Å². The lowest BCUT2D eigenvalue weighted by Crippen LogP contribution is -2.18. The third-order valence-electron chi connectivity index (χ3n) is 4.79. The van der Waals surface area contributed by atoms with Gasteiger partial charge in [0.15, 0.2) is 11.6 Å². The summed E-state index contributed by atoms with van der Waals surface area (Å²) in [5.41, 5.74) is 2.31. The summed E-state index contributed by atoms with van der Waals surface area (Å²) in [5.74, 6) is 1.62. The van der Waals surface area contributed by atoms with E-state index >= 15 is 0 Å². The summed E-state index contributed by atoms with van der Waals surface area (Å²) in [4.78, 5) is 22.3. The van der Waals surface area contributed by atoms with Crippen LogP contribution in [0.15, 0.2) is 90.0 Å². The molecule has 0 atom stereocenters. The molecule has 0 N–H and O–H groups in total. The zero-order valence-electron chi connectivity index (χ0n) is 16.1. The normalized spacial score (nSPS) is 11.0. The fourth-order valence-corrected chi connectivity index (χ4v) is 3.30. The summed E-state index contributed by atoms with van der Waals surface area (Å²) >= 11 is 0. The van der Waals surface area contributed by atoms with Gasteiger partial charge >= 0.3 is 0 Å². The van der Waals surface area contributed by atoms with Crippen LogP contribution in [0, 0.1) is 0 Å². The van der Waals surface area contributed by atoms with Crippen molar-refractivity contribution in [2.45, 2.75) is 0 Å². The zero-order valence-corrected chi connectivity index (χ0v) is 16.1. The number of methoxy groups -OCH3 is 1. The van der Waals surface area contributed by atoms with Gasteiger partial charge in [-0.25, -0.2) is 14.6 Å². The summed E-state index contributed by atoms with van der Waals surface area (Å²) in [7, 11) is 1.61. The van der Waals surface area contributed by atoms with E-state index in [1.165, 1.54) is 4.40 Å². The van der Waals surface area contributed by atoms with E-state index in [2.05, 4.69) is 4.98 Å². The predicted octanol–water partition coefficient (Wildman–Crippen LogP) is 3.62. The highest BCUT2D eigenvalue weighted by atomic mass is 16.5. The van der Waals surface area contributed by atoms with Crippen molar-refractivity contribution in [2.75, 3.05) is 7.11 Å². The van der Waals surface area contributed by atoms with E-state index in [0.29, 0.717) is 28.6 Å². The number of nitrogens with zero attached hydrogens (tertiary/aromatic N) is 5. The Kier molecular flexibility index (Phi) is 4.33.